The third kappa shape index (κ3) is 17.1. The van der Waals surface area contributed by atoms with Crippen LogP contribution in [-0.4, -0.2) is 146 Å². The standard InChI is InChI=1S/C63H90ClNO16/c1-37-16-13-12-14-17-38(2)51(74-9)32-48-25-19-43(7)63(73,81-48)57(69)58(70)65-27-15-18-46(34-65)59(71)79-52(33-49(66)39(3)29-42(6)55(68)56(76-11)54(67)41(5)28-37)40(4)30-44-20-26-50(53(31-44)75-10)80-61(72)62(8)35-77-60(78-36-62)45-21-23-47(64)24-22-45/h12-14,16-17,21-24,29,37,40-44,46,48,50-53,55-56,60,68,73H,15,18-20,25-28,30-36H2,1-11H3/b14-12?,16-13?,38-17?,39-29+/t37-,40-,41-,42?,43-,44+,46?,48+,50-,51+,52+,53-,55-,56+,60?,62?,63-/m1/s1. The van der Waals surface area contributed by atoms with Crippen LogP contribution in [0.5, 0.6) is 0 Å². The third-order valence-corrected chi connectivity index (χ3v) is 17.7. The number of ketones is 3. The average molecular weight is 1150 g/mol. The first kappa shape index (κ1) is 65.7. The van der Waals surface area contributed by atoms with Gasteiger partial charge in [0, 0.05) is 75.6 Å². The van der Waals surface area contributed by atoms with Gasteiger partial charge in [0.2, 0.25) is 5.79 Å². The molecule has 17 nitrogen and oxygen atoms in total. The Morgan fingerprint density at radius 2 is 1.57 bits per heavy atom. The van der Waals surface area contributed by atoms with Gasteiger partial charge in [-0.2, -0.15) is 0 Å². The van der Waals surface area contributed by atoms with Crippen LogP contribution in [0, 0.1) is 46.8 Å². The molecule has 0 spiro atoms. The fraction of sp³-hybridized carbons (Fsp3) is 0.683. The zero-order valence-corrected chi connectivity index (χ0v) is 50.2. The van der Waals surface area contributed by atoms with Crippen molar-refractivity contribution >= 4 is 46.8 Å². The van der Waals surface area contributed by atoms with Gasteiger partial charge in [0.15, 0.2) is 17.9 Å². The van der Waals surface area contributed by atoms with Crippen LogP contribution in [0.3, 0.4) is 0 Å². The summed E-state index contributed by atoms with van der Waals surface area (Å²) < 4.78 is 48.1. The number of rotatable bonds is 9. The molecule has 1 aromatic rings. The number of esters is 2. The number of cyclic esters (lactones) is 1. The molecule has 450 valence electrons. The zero-order valence-electron chi connectivity index (χ0n) is 49.5. The number of nitrogens with zero attached hydrogens (tertiary/aromatic N) is 1. The highest BCUT2D eigenvalue weighted by Gasteiger charge is 2.52. The van der Waals surface area contributed by atoms with Gasteiger partial charge < -0.3 is 53.0 Å². The van der Waals surface area contributed by atoms with Crippen LogP contribution >= 0.6 is 11.6 Å². The van der Waals surface area contributed by atoms with Gasteiger partial charge in [0.1, 0.15) is 23.7 Å². The van der Waals surface area contributed by atoms with E-state index in [2.05, 4.69) is 0 Å². The molecule has 4 bridgehead atoms. The van der Waals surface area contributed by atoms with Crippen molar-refractivity contribution in [2.45, 2.75) is 181 Å². The Hall–Kier alpha value is -4.43. The van der Waals surface area contributed by atoms with Crippen molar-refractivity contribution in [3.8, 4) is 0 Å². The minimum Gasteiger partial charge on any atom is -0.461 e. The van der Waals surface area contributed by atoms with Gasteiger partial charge in [-0.05, 0) is 120 Å². The van der Waals surface area contributed by atoms with E-state index in [1.165, 1.54) is 12.0 Å². The minimum atomic E-state index is -2.40. The van der Waals surface area contributed by atoms with Crippen molar-refractivity contribution in [2.24, 2.45) is 46.8 Å². The number of hydrogen-bond donors (Lipinski definition) is 2. The van der Waals surface area contributed by atoms with E-state index in [0.29, 0.717) is 74.8 Å². The Bertz CT molecular complexity index is 2450. The molecule has 4 fully saturated rings. The monoisotopic (exact) mass is 1150 g/mol. The molecule has 1 aromatic carbocycles. The Labute approximate surface area is 484 Å². The minimum absolute atomic E-state index is 0.00297. The Balaban J connectivity index is 1.20. The number of Topliss-reactive ketones (excluding diaryl/α,β-unsaturated/α-hetero) is 3. The summed E-state index contributed by atoms with van der Waals surface area (Å²) in [5.41, 5.74) is 0.901. The molecule has 0 radical (unpaired) electrons. The molecule has 2 unspecified atom stereocenters. The fourth-order valence-electron chi connectivity index (χ4n) is 12.0. The van der Waals surface area contributed by atoms with Crippen LogP contribution in [0.25, 0.3) is 0 Å². The predicted molar refractivity (Wildman–Crippen MR) is 303 cm³/mol. The van der Waals surface area contributed by atoms with Crippen LogP contribution in [0.1, 0.15) is 138 Å². The van der Waals surface area contributed by atoms with E-state index in [0.717, 1.165) is 11.1 Å². The van der Waals surface area contributed by atoms with Gasteiger partial charge in [0.25, 0.3) is 11.7 Å². The van der Waals surface area contributed by atoms with Crippen molar-refractivity contribution in [1.82, 2.24) is 4.90 Å². The lowest BCUT2D eigenvalue weighted by atomic mass is 9.78. The first-order chi connectivity index (χ1) is 38.4. The number of ether oxygens (including phenoxy) is 8. The highest BCUT2D eigenvalue weighted by atomic mass is 35.5. The summed E-state index contributed by atoms with van der Waals surface area (Å²) in [6, 6.07) is 7.12. The molecular weight excluding hydrogens is 1060 g/mol. The SMILES string of the molecule is CO[C@H]1C[C@@H]2CC[C@@H](C)[C@@](O)(O2)C(=O)C(=O)N2CCCC(C2)C(=O)O[C@H]([C@H](C)C[C@@H]2CC[C@@H](OC(=O)C3(C)COC(c4ccc(Cl)cc4)OC3)[C@H](OC)C2)CC(=O)/C(C)=C/C(C)[C@@H](O)[C@@H](OC)C(=O)[C@H](C)C[C@H](C)C=CC=CC=C1C. The summed E-state index contributed by atoms with van der Waals surface area (Å²) in [5, 5.41) is 24.1. The molecule has 2 N–H and O–H groups in total. The number of amides is 1. The van der Waals surface area contributed by atoms with E-state index in [1.807, 2.05) is 70.2 Å². The Kier molecular flexibility index (Phi) is 24.3. The van der Waals surface area contributed by atoms with Gasteiger partial charge in [-0.15, -0.1) is 0 Å². The highest BCUT2D eigenvalue weighted by molar-refractivity contribution is 6.38. The topological polar surface area (TPSA) is 220 Å². The van der Waals surface area contributed by atoms with Crippen molar-refractivity contribution in [2.75, 3.05) is 47.6 Å². The lowest BCUT2D eigenvalue weighted by Gasteiger charge is -2.42. The van der Waals surface area contributed by atoms with Gasteiger partial charge in [-0.25, -0.2) is 0 Å². The molecule has 6 rings (SSSR count). The summed E-state index contributed by atoms with van der Waals surface area (Å²) in [6.07, 6.45) is 9.55. The zero-order chi connectivity index (χ0) is 59.3. The van der Waals surface area contributed by atoms with Gasteiger partial charge in [0.05, 0.1) is 43.5 Å². The van der Waals surface area contributed by atoms with Gasteiger partial charge in [-0.1, -0.05) is 94.8 Å². The van der Waals surface area contributed by atoms with E-state index in [-0.39, 0.29) is 62.0 Å². The highest BCUT2D eigenvalue weighted by Crippen LogP contribution is 2.40. The molecule has 15 atom stereocenters. The smallest absolute Gasteiger partial charge is 0.316 e. The molecule has 81 heavy (non-hydrogen) atoms. The third-order valence-electron chi connectivity index (χ3n) is 17.5. The number of methoxy groups -OCH3 is 3. The maximum atomic E-state index is 14.4. The van der Waals surface area contributed by atoms with Crippen LogP contribution in [0.2, 0.25) is 5.02 Å². The van der Waals surface area contributed by atoms with Crippen LogP contribution in [0.15, 0.2) is 71.9 Å². The number of allylic oxidation sites excluding steroid dienone is 6. The second kappa shape index (κ2) is 29.9. The van der Waals surface area contributed by atoms with Crippen LogP contribution in [-0.2, 0) is 66.7 Å². The van der Waals surface area contributed by atoms with Crippen molar-refractivity contribution in [1.29, 1.82) is 0 Å². The largest absolute Gasteiger partial charge is 0.461 e. The molecule has 1 saturated carbocycles. The predicted octanol–water partition coefficient (Wildman–Crippen LogP) is 8.99. The normalized spacial score (nSPS) is 37.1. The van der Waals surface area contributed by atoms with Crippen molar-refractivity contribution < 1.29 is 76.9 Å². The number of fused-ring (bicyclic) bond motifs is 4. The summed E-state index contributed by atoms with van der Waals surface area (Å²) in [7, 11) is 4.53. The van der Waals surface area contributed by atoms with Crippen LogP contribution < -0.4 is 0 Å². The average Bonchev–Trinajstić information content (AvgIpc) is 3.52. The van der Waals surface area contributed by atoms with Crippen molar-refractivity contribution in [3.05, 3.63) is 82.5 Å². The molecule has 18 heteroatoms. The Morgan fingerprint density at radius 1 is 0.864 bits per heavy atom. The van der Waals surface area contributed by atoms with Crippen molar-refractivity contribution in [3.63, 3.8) is 0 Å². The molecule has 1 aliphatic carbocycles. The van der Waals surface area contributed by atoms with E-state index in [9.17, 15) is 39.0 Å². The number of carbonyl (C=O) groups excluding carboxylic acids is 6. The second-order valence-corrected chi connectivity index (χ2v) is 24.6. The number of carbonyl (C=O) groups is 6. The number of hydrogen-bond acceptors (Lipinski definition) is 16. The second-order valence-electron chi connectivity index (χ2n) is 24.1. The van der Waals surface area contributed by atoms with E-state index in [4.69, 9.17) is 49.5 Å². The quantitative estimate of drug-likeness (QED) is 0.174. The Morgan fingerprint density at radius 3 is 2.23 bits per heavy atom. The summed E-state index contributed by atoms with van der Waals surface area (Å²) in [4.78, 5) is 86.0. The fourth-order valence-corrected chi connectivity index (χ4v) is 12.2. The first-order valence-corrected chi connectivity index (χ1v) is 29.5. The van der Waals surface area contributed by atoms with E-state index >= 15 is 0 Å². The number of halogens is 1. The summed E-state index contributed by atoms with van der Waals surface area (Å²) in [5.74, 6) is -9.19. The lowest BCUT2D eigenvalue weighted by molar-refractivity contribution is -0.265. The number of benzene rings is 1. The summed E-state index contributed by atoms with van der Waals surface area (Å²) in [6.45, 7) is 14.6. The molecule has 3 saturated heterocycles. The lowest BCUT2D eigenvalue weighted by Crippen LogP contribution is -2.59. The van der Waals surface area contributed by atoms with Gasteiger partial charge in [-0.3, -0.25) is 28.8 Å². The summed E-state index contributed by atoms with van der Waals surface area (Å²) >= 11 is 6.07. The maximum absolute atomic E-state index is 14.4. The first-order valence-electron chi connectivity index (χ1n) is 29.1. The molecule has 1 amide bonds. The van der Waals surface area contributed by atoms with Crippen LogP contribution in [0.4, 0.5) is 0 Å². The maximum Gasteiger partial charge on any atom is 0.316 e. The number of aliphatic hydroxyl groups excluding tert-OH is 1. The number of aliphatic hydroxyl groups is 2. The molecular formula is C63H90ClNO16. The van der Waals surface area contributed by atoms with E-state index in [1.54, 1.807) is 60.1 Å². The molecule has 0 aromatic heterocycles. The van der Waals surface area contributed by atoms with Gasteiger partial charge >= 0.3 is 11.9 Å². The molecule has 4 heterocycles. The number of piperidine rings is 1. The molecule has 5 aliphatic rings. The molecule has 4 aliphatic heterocycles. The van der Waals surface area contributed by atoms with E-state index < -0.39 is 108 Å².